The van der Waals surface area contributed by atoms with E-state index in [1.54, 1.807) is 11.8 Å². The molecule has 0 amide bonds. The van der Waals surface area contributed by atoms with Crippen molar-refractivity contribution in [2.24, 2.45) is 11.6 Å². The molecule has 4 heteroatoms. The molecule has 0 saturated heterocycles. The highest BCUT2D eigenvalue weighted by molar-refractivity contribution is 7.98. The average Bonchev–Trinajstić information content (AvgIpc) is 2.17. The third-order valence-corrected chi connectivity index (χ3v) is 2.40. The third-order valence-electron chi connectivity index (χ3n) is 1.65. The molecule has 1 unspecified atom stereocenters. The predicted molar refractivity (Wildman–Crippen MR) is 52.5 cm³/mol. The molecular formula is C8H13N3S. The van der Waals surface area contributed by atoms with E-state index in [2.05, 4.69) is 5.43 Å². The predicted octanol–water partition coefficient (Wildman–Crippen LogP) is 0.829. The smallest absolute Gasteiger partial charge is 0.0935 e. The lowest BCUT2D eigenvalue weighted by Crippen LogP contribution is -2.33. The molecule has 0 spiro atoms. The van der Waals surface area contributed by atoms with E-state index in [4.69, 9.17) is 11.6 Å². The van der Waals surface area contributed by atoms with Crippen LogP contribution in [0.3, 0.4) is 0 Å². The topological polar surface area (TPSA) is 64.1 Å². The Morgan fingerprint density at radius 1 is 1.33 bits per heavy atom. The summed E-state index contributed by atoms with van der Waals surface area (Å²) >= 11 is 1.70. The van der Waals surface area contributed by atoms with E-state index in [1.165, 1.54) is 4.90 Å². The molecule has 0 aliphatic heterocycles. The molecule has 1 atom stereocenters. The van der Waals surface area contributed by atoms with Crippen molar-refractivity contribution >= 4 is 11.8 Å². The van der Waals surface area contributed by atoms with Gasteiger partial charge in [0, 0.05) is 4.90 Å². The van der Waals surface area contributed by atoms with Gasteiger partial charge in [0.1, 0.15) is 0 Å². The molecule has 0 radical (unpaired) electrons. The molecule has 0 aliphatic rings. The first-order valence-corrected chi connectivity index (χ1v) is 4.86. The monoisotopic (exact) mass is 183 g/mol. The van der Waals surface area contributed by atoms with E-state index in [0.717, 1.165) is 5.56 Å². The van der Waals surface area contributed by atoms with Crippen molar-refractivity contribution in [1.29, 1.82) is 0 Å². The Balaban J connectivity index is 2.77. The van der Waals surface area contributed by atoms with Gasteiger partial charge in [-0.1, -0.05) is 12.1 Å². The number of nitrogens with one attached hydrogen (secondary N) is 1. The van der Waals surface area contributed by atoms with Crippen LogP contribution in [0.25, 0.3) is 0 Å². The van der Waals surface area contributed by atoms with E-state index in [1.807, 2.05) is 30.5 Å². The summed E-state index contributed by atoms with van der Waals surface area (Å²) in [5.74, 6) is 5.19. The van der Waals surface area contributed by atoms with E-state index >= 15 is 0 Å². The zero-order valence-corrected chi connectivity index (χ0v) is 7.77. The first-order chi connectivity index (χ1) is 5.77. The third kappa shape index (κ3) is 2.22. The van der Waals surface area contributed by atoms with Crippen molar-refractivity contribution in [2.75, 3.05) is 6.26 Å². The maximum Gasteiger partial charge on any atom is 0.0935 e. The Labute approximate surface area is 76.5 Å². The van der Waals surface area contributed by atoms with Gasteiger partial charge in [0.05, 0.1) is 6.17 Å². The number of hydrazine groups is 1. The van der Waals surface area contributed by atoms with E-state index in [-0.39, 0.29) is 6.17 Å². The maximum absolute atomic E-state index is 5.64. The van der Waals surface area contributed by atoms with E-state index < -0.39 is 0 Å². The molecule has 3 nitrogen and oxygen atoms in total. The maximum atomic E-state index is 5.64. The largest absolute Gasteiger partial charge is 0.311 e. The molecule has 0 aromatic heterocycles. The summed E-state index contributed by atoms with van der Waals surface area (Å²) in [4.78, 5) is 1.22. The minimum Gasteiger partial charge on any atom is -0.311 e. The zero-order chi connectivity index (χ0) is 8.97. The molecule has 1 rings (SSSR count). The van der Waals surface area contributed by atoms with Crippen LogP contribution in [0.1, 0.15) is 11.7 Å². The minimum atomic E-state index is -0.277. The summed E-state index contributed by atoms with van der Waals surface area (Å²) in [7, 11) is 0. The van der Waals surface area contributed by atoms with Crippen LogP contribution >= 0.6 is 11.8 Å². The first-order valence-electron chi connectivity index (χ1n) is 3.63. The van der Waals surface area contributed by atoms with Gasteiger partial charge in [-0.05, 0) is 24.0 Å². The Morgan fingerprint density at radius 3 is 2.33 bits per heavy atom. The SMILES string of the molecule is CSc1ccc(C(N)NN)cc1. The molecule has 12 heavy (non-hydrogen) atoms. The molecule has 1 aromatic carbocycles. The number of hydrogen-bond acceptors (Lipinski definition) is 4. The molecule has 1 aromatic rings. The van der Waals surface area contributed by atoms with Gasteiger partial charge in [-0.25, -0.2) is 5.43 Å². The van der Waals surface area contributed by atoms with Gasteiger partial charge in [-0.2, -0.15) is 0 Å². The van der Waals surface area contributed by atoms with Crippen molar-refractivity contribution in [2.45, 2.75) is 11.1 Å². The fraction of sp³-hybridized carbons (Fsp3) is 0.250. The van der Waals surface area contributed by atoms with Crippen LogP contribution in [-0.2, 0) is 0 Å². The van der Waals surface area contributed by atoms with Gasteiger partial charge < -0.3 is 5.73 Å². The normalized spacial score (nSPS) is 12.9. The summed E-state index contributed by atoms with van der Waals surface area (Å²) in [6, 6.07) is 7.99. The van der Waals surface area contributed by atoms with Crippen LogP contribution in [0.4, 0.5) is 0 Å². The molecule has 0 saturated carbocycles. The number of benzene rings is 1. The Hall–Kier alpha value is -0.550. The standard InChI is InChI=1S/C8H13N3S/c1-12-7-4-2-6(3-5-7)8(9)11-10/h2-5,8,11H,9-10H2,1H3. The highest BCUT2D eigenvalue weighted by atomic mass is 32.2. The fourth-order valence-electron chi connectivity index (χ4n) is 0.907. The van der Waals surface area contributed by atoms with Crippen molar-refractivity contribution in [3.05, 3.63) is 29.8 Å². The van der Waals surface area contributed by atoms with Crippen LogP contribution in [0, 0.1) is 0 Å². The van der Waals surface area contributed by atoms with Crippen molar-refractivity contribution in [3.8, 4) is 0 Å². The van der Waals surface area contributed by atoms with Crippen molar-refractivity contribution in [3.63, 3.8) is 0 Å². The lowest BCUT2D eigenvalue weighted by molar-refractivity contribution is 0.576. The van der Waals surface area contributed by atoms with Gasteiger partial charge >= 0.3 is 0 Å². The molecular weight excluding hydrogens is 170 g/mol. The van der Waals surface area contributed by atoms with Crippen LogP contribution in [0.15, 0.2) is 29.2 Å². The molecule has 66 valence electrons. The Bertz CT molecular complexity index is 235. The second-order valence-electron chi connectivity index (χ2n) is 2.42. The summed E-state index contributed by atoms with van der Waals surface area (Å²) in [6.07, 6.45) is 1.76. The first kappa shape index (κ1) is 9.54. The van der Waals surface area contributed by atoms with Gasteiger partial charge in [0.2, 0.25) is 0 Å². The second-order valence-corrected chi connectivity index (χ2v) is 3.30. The quantitative estimate of drug-likeness (QED) is 0.281. The van der Waals surface area contributed by atoms with Gasteiger partial charge in [-0.3, -0.25) is 5.84 Å². The second kappa shape index (κ2) is 4.47. The van der Waals surface area contributed by atoms with Crippen LogP contribution in [0.2, 0.25) is 0 Å². The van der Waals surface area contributed by atoms with Gasteiger partial charge in [0.25, 0.3) is 0 Å². The lowest BCUT2D eigenvalue weighted by atomic mass is 10.2. The average molecular weight is 183 g/mol. The van der Waals surface area contributed by atoms with Crippen molar-refractivity contribution < 1.29 is 0 Å². The highest BCUT2D eigenvalue weighted by Gasteiger charge is 2.01. The number of rotatable bonds is 3. The number of thioether (sulfide) groups is 1. The van der Waals surface area contributed by atoms with Gasteiger partial charge in [-0.15, -0.1) is 11.8 Å². The number of hydrogen-bond donors (Lipinski definition) is 3. The number of nitrogens with two attached hydrogens (primary N) is 2. The van der Waals surface area contributed by atoms with Crippen LogP contribution < -0.4 is 17.0 Å². The fourth-order valence-corrected chi connectivity index (χ4v) is 1.32. The minimum absolute atomic E-state index is 0.277. The Morgan fingerprint density at radius 2 is 1.92 bits per heavy atom. The van der Waals surface area contributed by atoms with Crippen LogP contribution in [-0.4, -0.2) is 6.26 Å². The van der Waals surface area contributed by atoms with E-state index in [9.17, 15) is 0 Å². The molecule has 0 heterocycles. The summed E-state index contributed by atoms with van der Waals surface area (Å²) in [5.41, 5.74) is 9.13. The molecule has 0 fully saturated rings. The molecule has 0 bridgehead atoms. The highest BCUT2D eigenvalue weighted by Crippen LogP contribution is 2.16. The summed E-state index contributed by atoms with van der Waals surface area (Å²) < 4.78 is 0. The molecule has 5 N–H and O–H groups in total. The lowest BCUT2D eigenvalue weighted by Gasteiger charge is -2.09. The van der Waals surface area contributed by atoms with Crippen LogP contribution in [0.5, 0.6) is 0 Å². The Kier molecular flexibility index (Phi) is 3.55. The van der Waals surface area contributed by atoms with E-state index in [0.29, 0.717) is 0 Å². The van der Waals surface area contributed by atoms with Crippen molar-refractivity contribution in [1.82, 2.24) is 5.43 Å². The zero-order valence-electron chi connectivity index (χ0n) is 6.95. The summed E-state index contributed by atoms with van der Waals surface area (Å²) in [6.45, 7) is 0. The molecule has 0 aliphatic carbocycles. The van der Waals surface area contributed by atoms with Gasteiger partial charge in [0.15, 0.2) is 0 Å². The summed E-state index contributed by atoms with van der Waals surface area (Å²) in [5, 5.41) is 0.